The molecule has 5 nitrogen and oxygen atoms in total. The first kappa shape index (κ1) is 16.5. The van der Waals surface area contributed by atoms with Crippen molar-refractivity contribution in [2.24, 2.45) is 0 Å². The number of aromatic nitrogens is 2. The monoisotopic (exact) mass is 348 g/mol. The van der Waals surface area contributed by atoms with E-state index in [1.165, 1.54) is 7.11 Å². The van der Waals surface area contributed by atoms with Crippen molar-refractivity contribution in [2.45, 2.75) is 33.2 Å². The number of carbonyl (C=O) groups excluding carboxylic acids is 1. The zero-order chi connectivity index (χ0) is 18.4. The lowest BCUT2D eigenvalue weighted by atomic mass is 9.96. The molecule has 1 aliphatic heterocycles. The Balaban J connectivity index is 2.11. The summed E-state index contributed by atoms with van der Waals surface area (Å²) in [5.74, 6) is -0.414. The first-order valence-electron chi connectivity index (χ1n) is 8.80. The lowest BCUT2D eigenvalue weighted by Crippen LogP contribution is -2.27. The van der Waals surface area contributed by atoms with Crippen molar-refractivity contribution >= 4 is 16.9 Å². The van der Waals surface area contributed by atoms with E-state index in [2.05, 4.69) is 6.07 Å². The molecular weight excluding hydrogens is 328 g/mol. The van der Waals surface area contributed by atoms with Crippen LogP contribution in [0.25, 0.3) is 22.3 Å². The summed E-state index contributed by atoms with van der Waals surface area (Å²) in [7, 11) is 1.37. The third-order valence-electron chi connectivity index (χ3n) is 5.07. The molecule has 0 unspecified atom stereocenters. The number of para-hydroxylation sites is 1. The quantitative estimate of drug-likeness (QED) is 0.532. The van der Waals surface area contributed by atoms with E-state index >= 15 is 0 Å². The van der Waals surface area contributed by atoms with Gasteiger partial charge in [-0.3, -0.25) is 4.79 Å². The van der Waals surface area contributed by atoms with Gasteiger partial charge in [0.05, 0.1) is 36.1 Å². The number of methoxy groups -OCH3 is 1. The minimum absolute atomic E-state index is 0.0573. The highest BCUT2D eigenvalue weighted by Crippen LogP contribution is 2.36. The Morgan fingerprint density at radius 2 is 2.08 bits per heavy atom. The van der Waals surface area contributed by atoms with E-state index in [1.54, 1.807) is 11.5 Å². The molecule has 4 rings (SSSR count). The molecule has 3 heterocycles. The number of fused-ring (bicyclic) bond motifs is 4. The predicted octanol–water partition coefficient (Wildman–Crippen LogP) is 3.47. The molecule has 0 bridgehead atoms. The molecule has 1 aromatic carbocycles. The van der Waals surface area contributed by atoms with E-state index in [1.807, 2.05) is 31.2 Å². The van der Waals surface area contributed by atoms with E-state index in [-0.39, 0.29) is 5.56 Å². The number of nitrogens with zero attached hydrogens (tertiary/aromatic N) is 2. The smallest absolute Gasteiger partial charge is 0.340 e. The van der Waals surface area contributed by atoms with Crippen LogP contribution in [0.2, 0.25) is 0 Å². The largest absolute Gasteiger partial charge is 0.465 e. The summed E-state index contributed by atoms with van der Waals surface area (Å²) in [4.78, 5) is 30.4. The van der Waals surface area contributed by atoms with Crippen LogP contribution < -0.4 is 5.56 Å². The molecule has 0 radical (unpaired) electrons. The molecule has 2 aromatic heterocycles. The number of pyridine rings is 2. The molecule has 0 spiro atoms. The number of ether oxygens (including phenoxy) is 1. The normalized spacial score (nSPS) is 12.1. The number of rotatable bonds is 3. The van der Waals surface area contributed by atoms with Crippen LogP contribution in [0.1, 0.15) is 40.4 Å². The highest BCUT2D eigenvalue weighted by molar-refractivity contribution is 5.99. The van der Waals surface area contributed by atoms with Gasteiger partial charge in [-0.25, -0.2) is 9.78 Å². The molecule has 132 valence electrons. The van der Waals surface area contributed by atoms with Gasteiger partial charge < -0.3 is 9.30 Å². The maximum absolute atomic E-state index is 13.0. The summed E-state index contributed by atoms with van der Waals surface area (Å²) in [5, 5.41) is 1.03. The number of benzene rings is 1. The minimum atomic E-state index is -0.414. The fraction of sp³-hybridized carbons (Fsp3) is 0.286. The van der Waals surface area contributed by atoms with Gasteiger partial charge in [-0.15, -0.1) is 0 Å². The highest BCUT2D eigenvalue weighted by atomic mass is 16.5. The Morgan fingerprint density at radius 1 is 1.31 bits per heavy atom. The third-order valence-corrected chi connectivity index (χ3v) is 5.07. The third kappa shape index (κ3) is 2.27. The van der Waals surface area contributed by atoms with Crippen molar-refractivity contribution < 1.29 is 9.53 Å². The van der Waals surface area contributed by atoms with Crippen molar-refractivity contribution in [1.82, 2.24) is 9.55 Å². The van der Waals surface area contributed by atoms with Gasteiger partial charge in [0.1, 0.15) is 0 Å². The topological polar surface area (TPSA) is 61.2 Å². The average Bonchev–Trinajstić information content (AvgIpc) is 3.02. The van der Waals surface area contributed by atoms with Crippen LogP contribution in [0.15, 0.2) is 35.1 Å². The molecule has 3 aromatic rings. The summed E-state index contributed by atoms with van der Waals surface area (Å²) >= 11 is 0. The second-order valence-electron chi connectivity index (χ2n) is 6.65. The molecule has 26 heavy (non-hydrogen) atoms. The summed E-state index contributed by atoms with van der Waals surface area (Å²) < 4.78 is 6.73. The van der Waals surface area contributed by atoms with Gasteiger partial charge in [-0.2, -0.15) is 0 Å². The Hall–Kier alpha value is -2.95. The van der Waals surface area contributed by atoms with E-state index in [0.29, 0.717) is 35.5 Å². The van der Waals surface area contributed by atoms with Crippen LogP contribution in [0.5, 0.6) is 0 Å². The van der Waals surface area contributed by atoms with Crippen molar-refractivity contribution in [3.63, 3.8) is 0 Å². The van der Waals surface area contributed by atoms with Crippen LogP contribution in [-0.4, -0.2) is 22.6 Å². The molecule has 0 atom stereocenters. The van der Waals surface area contributed by atoms with Crippen molar-refractivity contribution in [3.8, 4) is 11.4 Å². The second kappa shape index (κ2) is 6.09. The first-order valence-corrected chi connectivity index (χ1v) is 8.80. The lowest BCUT2D eigenvalue weighted by Gasteiger charge is -2.16. The van der Waals surface area contributed by atoms with Crippen LogP contribution in [-0.2, 0) is 17.7 Å². The fourth-order valence-corrected chi connectivity index (χ4v) is 3.84. The van der Waals surface area contributed by atoms with E-state index in [0.717, 1.165) is 28.5 Å². The predicted molar refractivity (Wildman–Crippen MR) is 101 cm³/mol. The van der Waals surface area contributed by atoms with Crippen molar-refractivity contribution in [3.05, 3.63) is 62.9 Å². The molecular formula is C21H20N2O3. The average molecular weight is 348 g/mol. The van der Waals surface area contributed by atoms with E-state index in [9.17, 15) is 9.59 Å². The fourth-order valence-electron chi connectivity index (χ4n) is 3.84. The summed E-state index contributed by atoms with van der Waals surface area (Å²) in [5.41, 5.74) is 4.92. The van der Waals surface area contributed by atoms with Crippen LogP contribution >= 0.6 is 0 Å². The molecule has 0 amide bonds. The maximum atomic E-state index is 13.0. The summed E-state index contributed by atoms with van der Waals surface area (Å²) in [6, 6.07) is 9.90. The van der Waals surface area contributed by atoms with Gasteiger partial charge in [0.25, 0.3) is 5.56 Å². The summed E-state index contributed by atoms with van der Waals surface area (Å²) in [6.07, 6.45) is 1.49. The Morgan fingerprint density at radius 3 is 2.81 bits per heavy atom. The Bertz CT molecular complexity index is 1110. The van der Waals surface area contributed by atoms with Gasteiger partial charge in [0.15, 0.2) is 0 Å². The number of hydrogen-bond acceptors (Lipinski definition) is 4. The molecule has 0 saturated heterocycles. The maximum Gasteiger partial charge on any atom is 0.340 e. The van der Waals surface area contributed by atoms with Crippen molar-refractivity contribution in [1.29, 1.82) is 0 Å². The number of hydrogen-bond donors (Lipinski definition) is 0. The standard InChI is InChI=1S/C21H20N2O3/c1-4-7-15-12(2)20(24)23-11-14-10-13-8-5-6-9-16(13)22-18(14)19(23)17(15)21(25)26-3/h5-6,8-10H,4,7,11H2,1-3H3. The number of esters is 1. The lowest BCUT2D eigenvalue weighted by molar-refractivity contribution is 0.0599. The molecule has 0 saturated carbocycles. The van der Waals surface area contributed by atoms with Crippen molar-refractivity contribution in [2.75, 3.05) is 7.11 Å². The molecule has 0 N–H and O–H groups in total. The molecule has 0 fully saturated rings. The molecule has 1 aliphatic rings. The first-order chi connectivity index (χ1) is 12.6. The number of carbonyl (C=O) groups is 1. The summed E-state index contributed by atoms with van der Waals surface area (Å²) in [6.45, 7) is 4.25. The van der Waals surface area contributed by atoms with Gasteiger partial charge in [0.2, 0.25) is 0 Å². The second-order valence-corrected chi connectivity index (χ2v) is 6.65. The highest BCUT2D eigenvalue weighted by Gasteiger charge is 2.31. The van der Waals surface area contributed by atoms with Gasteiger partial charge in [-0.1, -0.05) is 31.5 Å². The zero-order valence-corrected chi connectivity index (χ0v) is 15.1. The zero-order valence-electron chi connectivity index (χ0n) is 15.1. The van der Waals surface area contributed by atoms with Gasteiger partial charge >= 0.3 is 5.97 Å². The van der Waals surface area contributed by atoms with Crippen LogP contribution in [0.3, 0.4) is 0 Å². The molecule has 5 heteroatoms. The van der Waals surface area contributed by atoms with Gasteiger partial charge in [0, 0.05) is 16.5 Å². The minimum Gasteiger partial charge on any atom is -0.465 e. The molecule has 0 aliphatic carbocycles. The van der Waals surface area contributed by atoms with Gasteiger partial charge in [-0.05, 0) is 31.0 Å². The van der Waals surface area contributed by atoms with Crippen LogP contribution in [0.4, 0.5) is 0 Å². The van der Waals surface area contributed by atoms with Crippen LogP contribution in [0, 0.1) is 6.92 Å². The Labute approximate surface area is 151 Å². The SMILES string of the molecule is CCCc1c(C(=O)OC)c2n(c(=O)c1C)Cc1cc3ccccc3nc1-2. The van der Waals surface area contributed by atoms with E-state index < -0.39 is 5.97 Å². The van der Waals surface area contributed by atoms with E-state index in [4.69, 9.17) is 9.72 Å². The Kier molecular flexibility index (Phi) is 3.87.